The molecule has 2 N–H and O–H groups in total. The van der Waals surface area contributed by atoms with Crippen molar-refractivity contribution < 1.29 is 0 Å². The van der Waals surface area contributed by atoms with E-state index in [4.69, 9.17) is 0 Å². The Morgan fingerprint density at radius 1 is 1.61 bits per heavy atom. The molecule has 2 rings (SSSR count). The maximum atomic E-state index is 11.8. The Kier molecular flexibility index (Phi) is 3.76. The second-order valence-electron chi connectivity index (χ2n) is 4.05. The quantitative estimate of drug-likeness (QED) is 0.759. The van der Waals surface area contributed by atoms with Gasteiger partial charge in [0.1, 0.15) is 0 Å². The third kappa shape index (κ3) is 2.42. The lowest BCUT2D eigenvalue weighted by Gasteiger charge is -2.04. The minimum Gasteiger partial charge on any atom is -0.352 e. The van der Waals surface area contributed by atoms with Crippen molar-refractivity contribution in [2.75, 3.05) is 11.9 Å². The van der Waals surface area contributed by atoms with Crippen LogP contribution in [0.5, 0.6) is 0 Å². The zero-order valence-corrected chi connectivity index (χ0v) is 10.4. The molecule has 6 nitrogen and oxygen atoms in total. The Labute approximate surface area is 105 Å². The topological polar surface area (TPSA) is 75.6 Å². The van der Waals surface area contributed by atoms with Crippen LogP contribution in [0.25, 0.3) is 11.2 Å². The van der Waals surface area contributed by atoms with E-state index in [9.17, 15) is 4.79 Å². The summed E-state index contributed by atoms with van der Waals surface area (Å²) in [6.45, 7) is 7.11. The molecule has 0 saturated heterocycles. The van der Waals surface area contributed by atoms with Gasteiger partial charge in [0, 0.05) is 13.1 Å². The van der Waals surface area contributed by atoms with Crippen LogP contribution in [0, 0.1) is 0 Å². The fraction of sp³-hybridized carbons (Fsp3) is 0.417. The molecule has 2 aromatic heterocycles. The first-order valence-electron chi connectivity index (χ1n) is 6.06. The molecule has 2 aromatic rings. The molecule has 0 amide bonds. The van der Waals surface area contributed by atoms with Gasteiger partial charge in [-0.2, -0.15) is 4.98 Å². The van der Waals surface area contributed by atoms with E-state index in [1.165, 1.54) is 0 Å². The summed E-state index contributed by atoms with van der Waals surface area (Å²) >= 11 is 0. The van der Waals surface area contributed by atoms with Gasteiger partial charge in [-0.15, -0.1) is 6.58 Å². The van der Waals surface area contributed by atoms with Crippen molar-refractivity contribution in [3.63, 3.8) is 0 Å². The molecule has 0 unspecified atom stereocenters. The van der Waals surface area contributed by atoms with Gasteiger partial charge in [0.05, 0.1) is 6.33 Å². The third-order valence-electron chi connectivity index (χ3n) is 2.64. The molecule has 0 aliphatic heterocycles. The highest BCUT2D eigenvalue weighted by Gasteiger charge is 2.09. The van der Waals surface area contributed by atoms with Gasteiger partial charge < -0.3 is 9.88 Å². The number of hydrogen-bond acceptors (Lipinski definition) is 4. The monoisotopic (exact) mass is 247 g/mol. The number of H-pyrrole nitrogens is 1. The molecule has 18 heavy (non-hydrogen) atoms. The third-order valence-corrected chi connectivity index (χ3v) is 2.64. The van der Waals surface area contributed by atoms with Crippen molar-refractivity contribution in [3.8, 4) is 0 Å². The number of aromatic amines is 1. The van der Waals surface area contributed by atoms with Crippen LogP contribution in [-0.4, -0.2) is 26.1 Å². The number of unbranched alkanes of at least 4 members (excludes halogenated alkanes) is 1. The summed E-state index contributed by atoms with van der Waals surface area (Å²) in [5.41, 5.74) is 0.788. The lowest BCUT2D eigenvalue weighted by atomic mass is 10.3. The van der Waals surface area contributed by atoms with E-state index in [0.717, 1.165) is 19.4 Å². The SMILES string of the molecule is C=CCNc1nc2c(ncn2CCCC)c(=O)[nH]1. The van der Waals surface area contributed by atoms with Crippen LogP contribution in [0.15, 0.2) is 23.8 Å². The van der Waals surface area contributed by atoms with E-state index in [1.54, 1.807) is 12.4 Å². The summed E-state index contributed by atoms with van der Waals surface area (Å²) < 4.78 is 1.91. The number of anilines is 1. The Balaban J connectivity index is 2.40. The zero-order chi connectivity index (χ0) is 13.0. The van der Waals surface area contributed by atoms with Gasteiger partial charge in [-0.3, -0.25) is 9.78 Å². The molecule has 0 radical (unpaired) electrons. The molecular weight excluding hydrogens is 230 g/mol. The van der Waals surface area contributed by atoms with E-state index >= 15 is 0 Å². The number of aryl methyl sites for hydroxylation is 1. The van der Waals surface area contributed by atoms with E-state index in [-0.39, 0.29) is 5.56 Å². The summed E-state index contributed by atoms with van der Waals surface area (Å²) in [6, 6.07) is 0. The van der Waals surface area contributed by atoms with E-state index in [1.807, 2.05) is 4.57 Å². The van der Waals surface area contributed by atoms with Crippen LogP contribution >= 0.6 is 0 Å². The molecular formula is C12H17N5O. The normalized spacial score (nSPS) is 10.7. The minimum absolute atomic E-state index is 0.221. The van der Waals surface area contributed by atoms with Crippen LogP contribution < -0.4 is 10.9 Å². The average Bonchev–Trinajstić information content (AvgIpc) is 2.77. The zero-order valence-electron chi connectivity index (χ0n) is 10.4. The van der Waals surface area contributed by atoms with Gasteiger partial charge in [-0.05, 0) is 6.42 Å². The predicted molar refractivity (Wildman–Crippen MR) is 71.7 cm³/mol. The summed E-state index contributed by atoms with van der Waals surface area (Å²) in [7, 11) is 0. The number of hydrogen-bond donors (Lipinski definition) is 2. The number of imidazole rings is 1. The smallest absolute Gasteiger partial charge is 0.280 e. The molecule has 0 aliphatic carbocycles. The Morgan fingerprint density at radius 2 is 2.44 bits per heavy atom. The van der Waals surface area contributed by atoms with Crippen molar-refractivity contribution in [2.24, 2.45) is 0 Å². The average molecular weight is 247 g/mol. The van der Waals surface area contributed by atoms with Crippen LogP contribution in [0.2, 0.25) is 0 Å². The van der Waals surface area contributed by atoms with Gasteiger partial charge >= 0.3 is 0 Å². The first-order chi connectivity index (χ1) is 8.76. The second-order valence-corrected chi connectivity index (χ2v) is 4.05. The summed E-state index contributed by atoms with van der Waals surface area (Å²) in [6.07, 6.45) is 5.50. The predicted octanol–water partition coefficient (Wildman–Crippen LogP) is 1.52. The molecule has 96 valence electrons. The van der Waals surface area contributed by atoms with Crippen LogP contribution in [0.1, 0.15) is 19.8 Å². The molecule has 6 heteroatoms. The Hall–Kier alpha value is -2.11. The van der Waals surface area contributed by atoms with Gasteiger partial charge in [-0.25, -0.2) is 4.98 Å². The largest absolute Gasteiger partial charge is 0.352 e. The first kappa shape index (κ1) is 12.3. The van der Waals surface area contributed by atoms with Crippen molar-refractivity contribution in [3.05, 3.63) is 29.3 Å². The van der Waals surface area contributed by atoms with E-state index in [0.29, 0.717) is 23.7 Å². The summed E-state index contributed by atoms with van der Waals surface area (Å²) in [5.74, 6) is 0.450. The lowest BCUT2D eigenvalue weighted by molar-refractivity contribution is 0.641. The van der Waals surface area contributed by atoms with Crippen LogP contribution in [0.3, 0.4) is 0 Å². The van der Waals surface area contributed by atoms with Gasteiger partial charge in [0.25, 0.3) is 5.56 Å². The first-order valence-corrected chi connectivity index (χ1v) is 6.06. The minimum atomic E-state index is -0.221. The van der Waals surface area contributed by atoms with Gasteiger partial charge in [0.15, 0.2) is 11.2 Å². The number of aromatic nitrogens is 4. The van der Waals surface area contributed by atoms with Crippen molar-refractivity contribution in [1.82, 2.24) is 19.5 Å². The molecule has 2 heterocycles. The molecule has 0 aliphatic rings. The fourth-order valence-corrected chi connectivity index (χ4v) is 1.70. The molecule has 0 bridgehead atoms. The fourth-order valence-electron chi connectivity index (χ4n) is 1.70. The highest BCUT2D eigenvalue weighted by atomic mass is 16.1. The van der Waals surface area contributed by atoms with Crippen LogP contribution in [0.4, 0.5) is 5.95 Å². The number of nitrogens with one attached hydrogen (secondary N) is 2. The molecule has 0 fully saturated rings. The van der Waals surface area contributed by atoms with Crippen molar-refractivity contribution >= 4 is 17.1 Å². The van der Waals surface area contributed by atoms with Gasteiger partial charge in [0.2, 0.25) is 5.95 Å². The second kappa shape index (κ2) is 5.48. The highest BCUT2D eigenvalue weighted by molar-refractivity contribution is 5.70. The molecule has 0 aromatic carbocycles. The highest BCUT2D eigenvalue weighted by Crippen LogP contribution is 2.08. The molecule has 0 saturated carbocycles. The van der Waals surface area contributed by atoms with Crippen LogP contribution in [-0.2, 0) is 6.54 Å². The van der Waals surface area contributed by atoms with Crippen molar-refractivity contribution in [2.45, 2.75) is 26.3 Å². The Morgan fingerprint density at radius 3 is 3.17 bits per heavy atom. The number of rotatable bonds is 6. The standard InChI is InChI=1S/C12H17N5O/c1-3-5-7-17-8-14-9-10(17)15-12(13-6-4-2)16-11(9)18/h4,8H,2-3,5-7H2,1H3,(H2,13,15,16,18). The maximum absolute atomic E-state index is 11.8. The molecule has 0 spiro atoms. The van der Waals surface area contributed by atoms with Crippen molar-refractivity contribution in [1.29, 1.82) is 0 Å². The van der Waals surface area contributed by atoms with E-state index in [2.05, 4.69) is 33.8 Å². The molecule has 0 atom stereocenters. The maximum Gasteiger partial charge on any atom is 0.280 e. The Bertz CT molecular complexity index is 598. The summed E-state index contributed by atoms with van der Waals surface area (Å²) in [5, 5.41) is 2.97. The van der Waals surface area contributed by atoms with E-state index < -0.39 is 0 Å². The lowest BCUT2D eigenvalue weighted by Crippen LogP contribution is -2.14. The number of fused-ring (bicyclic) bond motifs is 1. The summed E-state index contributed by atoms with van der Waals surface area (Å²) in [4.78, 5) is 22.9. The number of nitrogens with zero attached hydrogens (tertiary/aromatic N) is 3. The van der Waals surface area contributed by atoms with Gasteiger partial charge in [-0.1, -0.05) is 19.4 Å².